The molecule has 0 saturated carbocycles. The van der Waals surface area contributed by atoms with E-state index in [0.29, 0.717) is 12.2 Å². The number of allylic oxidation sites excluding steroid dienone is 1. The van der Waals surface area contributed by atoms with Gasteiger partial charge >= 0.3 is 0 Å². The molecule has 0 unspecified atom stereocenters. The lowest BCUT2D eigenvalue weighted by Crippen LogP contribution is -1.98. The van der Waals surface area contributed by atoms with Crippen LogP contribution in [0.1, 0.15) is 30.9 Å². The molecule has 0 spiro atoms. The number of hydrogen-bond acceptors (Lipinski definition) is 2. The van der Waals surface area contributed by atoms with Crippen LogP contribution in [0.4, 0.5) is 0 Å². The maximum atomic E-state index is 9.44. The molecule has 2 aromatic rings. The molecule has 3 heteroatoms. The summed E-state index contributed by atoms with van der Waals surface area (Å²) >= 11 is 3.48. The largest absolute Gasteiger partial charge is 0.493 e. The summed E-state index contributed by atoms with van der Waals surface area (Å²) in [5.74, 6) is 0.806. The minimum atomic E-state index is 0.624. The van der Waals surface area contributed by atoms with Crippen LogP contribution in [0.3, 0.4) is 0 Å². The zero-order valence-electron chi connectivity index (χ0n) is 12.6. The Labute approximate surface area is 140 Å². The molecule has 0 bridgehead atoms. The van der Waals surface area contributed by atoms with E-state index in [1.54, 1.807) is 0 Å². The average Bonchev–Trinajstić information content (AvgIpc) is 2.55. The average molecular weight is 356 g/mol. The van der Waals surface area contributed by atoms with E-state index in [1.165, 1.54) is 0 Å². The first-order chi connectivity index (χ1) is 10.7. The predicted octanol–water partition coefficient (Wildman–Crippen LogP) is 5.69. The quantitative estimate of drug-likeness (QED) is 0.378. The number of nitrogens with zero attached hydrogens (tertiary/aromatic N) is 1. The molecule has 0 aliphatic carbocycles. The third-order valence-electron chi connectivity index (χ3n) is 3.23. The van der Waals surface area contributed by atoms with Crippen molar-refractivity contribution < 1.29 is 4.74 Å². The van der Waals surface area contributed by atoms with Crippen LogP contribution >= 0.6 is 15.9 Å². The molecule has 0 radical (unpaired) electrons. The lowest BCUT2D eigenvalue weighted by atomic mass is 10.0. The van der Waals surface area contributed by atoms with Crippen molar-refractivity contribution in [2.75, 3.05) is 6.61 Å². The number of ether oxygens (including phenoxy) is 1. The molecule has 0 aliphatic heterocycles. The van der Waals surface area contributed by atoms with E-state index < -0.39 is 0 Å². The van der Waals surface area contributed by atoms with Crippen LogP contribution < -0.4 is 4.74 Å². The van der Waals surface area contributed by atoms with Gasteiger partial charge in [-0.3, -0.25) is 0 Å². The number of hydrogen-bond donors (Lipinski definition) is 0. The summed E-state index contributed by atoms with van der Waals surface area (Å²) in [6.45, 7) is 2.82. The van der Waals surface area contributed by atoms with Crippen molar-refractivity contribution in [2.24, 2.45) is 0 Å². The van der Waals surface area contributed by atoms with Gasteiger partial charge < -0.3 is 4.74 Å². The fraction of sp³-hybridized carbons (Fsp3) is 0.211. The minimum Gasteiger partial charge on any atom is -0.493 e. The van der Waals surface area contributed by atoms with Crippen molar-refractivity contribution >= 4 is 27.6 Å². The summed E-state index contributed by atoms with van der Waals surface area (Å²) in [7, 11) is 0. The Morgan fingerprint density at radius 1 is 1.23 bits per heavy atom. The molecule has 112 valence electrons. The topological polar surface area (TPSA) is 33.0 Å². The van der Waals surface area contributed by atoms with Crippen molar-refractivity contribution in [1.82, 2.24) is 0 Å². The number of benzene rings is 2. The Hall–Kier alpha value is -2.05. The lowest BCUT2D eigenvalue weighted by Gasteiger charge is -2.10. The minimum absolute atomic E-state index is 0.624. The zero-order chi connectivity index (χ0) is 15.8. The molecule has 0 heterocycles. The number of unbranched alkanes of at least 4 members (excludes halogenated alkanes) is 1. The van der Waals surface area contributed by atoms with Crippen molar-refractivity contribution in [3.63, 3.8) is 0 Å². The second-order valence-electron chi connectivity index (χ2n) is 4.92. The zero-order valence-corrected chi connectivity index (χ0v) is 14.1. The summed E-state index contributed by atoms with van der Waals surface area (Å²) in [4.78, 5) is 0. The monoisotopic (exact) mass is 355 g/mol. The summed E-state index contributed by atoms with van der Waals surface area (Å²) in [5.41, 5.74) is 2.44. The van der Waals surface area contributed by atoms with Crippen LogP contribution in [-0.4, -0.2) is 6.61 Å². The third kappa shape index (κ3) is 4.47. The van der Waals surface area contributed by atoms with Crippen molar-refractivity contribution in [1.29, 1.82) is 5.26 Å². The molecule has 2 nitrogen and oxygen atoms in total. The predicted molar refractivity (Wildman–Crippen MR) is 94.5 cm³/mol. The highest BCUT2D eigenvalue weighted by Gasteiger charge is 2.06. The molecule has 0 atom stereocenters. The van der Waals surface area contributed by atoms with Crippen LogP contribution in [0.15, 0.2) is 53.0 Å². The summed E-state index contributed by atoms with van der Waals surface area (Å²) in [6.07, 6.45) is 3.99. The molecule has 0 fully saturated rings. The first kappa shape index (κ1) is 16.3. The molecule has 0 amide bonds. The fourth-order valence-electron chi connectivity index (χ4n) is 2.04. The summed E-state index contributed by atoms with van der Waals surface area (Å²) in [6, 6.07) is 17.8. The molecule has 0 saturated heterocycles. The molecular formula is C19H18BrNO. The van der Waals surface area contributed by atoms with E-state index in [9.17, 15) is 5.26 Å². The van der Waals surface area contributed by atoms with Crippen LogP contribution in [0.25, 0.3) is 11.6 Å². The molecule has 2 aromatic carbocycles. The van der Waals surface area contributed by atoms with E-state index in [-0.39, 0.29) is 0 Å². The Bertz CT molecular complexity index is 686. The van der Waals surface area contributed by atoms with Crippen molar-refractivity contribution in [2.45, 2.75) is 19.8 Å². The second kappa shape index (κ2) is 8.41. The number of halogens is 1. The third-order valence-corrected chi connectivity index (χ3v) is 3.73. The van der Waals surface area contributed by atoms with Gasteiger partial charge in [0.15, 0.2) is 0 Å². The Morgan fingerprint density at radius 2 is 2.00 bits per heavy atom. The van der Waals surface area contributed by atoms with Crippen molar-refractivity contribution in [3.8, 4) is 11.8 Å². The smallest absolute Gasteiger partial charge is 0.126 e. The van der Waals surface area contributed by atoms with Gasteiger partial charge in [-0.05, 0) is 36.3 Å². The molecular weight excluding hydrogens is 338 g/mol. The maximum absolute atomic E-state index is 9.44. The van der Waals surface area contributed by atoms with Crippen LogP contribution in [0.2, 0.25) is 0 Å². The highest BCUT2D eigenvalue weighted by molar-refractivity contribution is 9.10. The van der Waals surface area contributed by atoms with Crippen LogP contribution in [0, 0.1) is 11.3 Å². The van der Waals surface area contributed by atoms with E-state index in [1.807, 2.05) is 54.6 Å². The van der Waals surface area contributed by atoms with Gasteiger partial charge in [-0.1, -0.05) is 59.6 Å². The van der Waals surface area contributed by atoms with Crippen molar-refractivity contribution in [3.05, 3.63) is 64.1 Å². The van der Waals surface area contributed by atoms with Gasteiger partial charge in [-0.2, -0.15) is 5.26 Å². The number of rotatable bonds is 6. The van der Waals surface area contributed by atoms with Gasteiger partial charge in [0.05, 0.1) is 18.2 Å². The molecule has 0 aliphatic rings. The first-order valence-corrected chi connectivity index (χ1v) is 8.13. The molecule has 0 N–H and O–H groups in total. The Kier molecular flexibility index (Phi) is 6.24. The molecule has 22 heavy (non-hydrogen) atoms. The van der Waals surface area contributed by atoms with Crippen LogP contribution in [-0.2, 0) is 0 Å². The first-order valence-electron chi connectivity index (χ1n) is 7.34. The standard InChI is InChI=1S/C19H18BrNO/c1-2-3-11-22-19-10-9-18(20)13-16(19)12-17(14-21)15-7-5-4-6-8-15/h4-10,12-13H,2-3,11H2,1H3/b17-12+. The van der Waals surface area contributed by atoms with E-state index >= 15 is 0 Å². The highest BCUT2D eigenvalue weighted by atomic mass is 79.9. The Balaban J connectivity index is 2.35. The van der Waals surface area contributed by atoms with Gasteiger partial charge in [-0.15, -0.1) is 0 Å². The van der Waals surface area contributed by atoms with E-state index in [4.69, 9.17) is 4.74 Å². The van der Waals surface area contributed by atoms with Crippen LogP contribution in [0.5, 0.6) is 5.75 Å². The van der Waals surface area contributed by atoms with E-state index in [0.717, 1.165) is 34.2 Å². The lowest BCUT2D eigenvalue weighted by molar-refractivity contribution is 0.309. The Morgan fingerprint density at radius 3 is 2.68 bits per heavy atom. The molecule has 2 rings (SSSR count). The maximum Gasteiger partial charge on any atom is 0.126 e. The van der Waals surface area contributed by atoms with Gasteiger partial charge in [0.2, 0.25) is 0 Å². The highest BCUT2D eigenvalue weighted by Crippen LogP contribution is 2.28. The summed E-state index contributed by atoms with van der Waals surface area (Å²) < 4.78 is 6.80. The fourth-order valence-corrected chi connectivity index (χ4v) is 2.42. The normalized spacial score (nSPS) is 11.0. The van der Waals surface area contributed by atoms with E-state index in [2.05, 4.69) is 28.9 Å². The van der Waals surface area contributed by atoms with Gasteiger partial charge in [0.1, 0.15) is 5.75 Å². The summed E-state index contributed by atoms with van der Waals surface area (Å²) in [5, 5.41) is 9.44. The SMILES string of the molecule is CCCCOc1ccc(Br)cc1/C=C(\C#N)c1ccccc1. The molecule has 0 aromatic heterocycles. The second-order valence-corrected chi connectivity index (χ2v) is 5.84. The van der Waals surface area contributed by atoms with Gasteiger partial charge in [0.25, 0.3) is 0 Å². The van der Waals surface area contributed by atoms with Gasteiger partial charge in [0, 0.05) is 10.0 Å². The van der Waals surface area contributed by atoms with Gasteiger partial charge in [-0.25, -0.2) is 0 Å². The number of nitriles is 1.